The maximum Gasteiger partial charge on any atom is 0.416 e. The zero-order chi connectivity index (χ0) is 15.8. The van der Waals surface area contributed by atoms with E-state index in [1.54, 1.807) is 0 Å². The van der Waals surface area contributed by atoms with Gasteiger partial charge in [0, 0.05) is 5.56 Å². The van der Waals surface area contributed by atoms with E-state index in [0.717, 1.165) is 12.1 Å². The summed E-state index contributed by atoms with van der Waals surface area (Å²) in [5, 5.41) is 10.1. The number of aliphatic hydroxyl groups excluding tert-OH is 1. The molecule has 1 N–H and O–H groups in total. The lowest BCUT2D eigenvalue weighted by molar-refractivity contribution is -0.139. The molecule has 0 amide bonds. The Bertz CT molecular complexity index is 664. The van der Waals surface area contributed by atoms with Crippen molar-refractivity contribution in [2.24, 2.45) is 0 Å². The minimum atomic E-state index is -4.74. The predicted molar refractivity (Wildman–Crippen MR) is 66.6 cm³/mol. The molecule has 0 saturated carbocycles. The molecule has 0 radical (unpaired) electrons. The number of aliphatic hydroxyl groups is 1. The molecule has 0 aliphatic carbocycles. The molecule has 1 atom stereocenters. The minimum absolute atomic E-state index is 0.0360. The first kappa shape index (κ1) is 15.4. The first-order valence-corrected chi connectivity index (χ1v) is 6.01. The summed E-state index contributed by atoms with van der Waals surface area (Å²) in [6.45, 7) is 1.52. The lowest BCUT2D eigenvalue weighted by Crippen LogP contribution is -2.14. The molecule has 0 fully saturated rings. The molecule has 21 heavy (non-hydrogen) atoms. The highest BCUT2D eigenvalue weighted by Gasteiger charge is 2.35. The van der Waals surface area contributed by atoms with Gasteiger partial charge in [0.15, 0.2) is 0 Å². The second-order valence-electron chi connectivity index (χ2n) is 4.63. The Morgan fingerprint density at radius 3 is 2.00 bits per heavy atom. The fraction of sp³-hybridized carbons (Fsp3) is 0.200. The molecule has 0 aliphatic rings. The fourth-order valence-corrected chi connectivity index (χ4v) is 2.09. The van der Waals surface area contributed by atoms with Crippen LogP contribution in [0.3, 0.4) is 0 Å². The van der Waals surface area contributed by atoms with E-state index >= 15 is 0 Å². The summed E-state index contributed by atoms with van der Waals surface area (Å²) < 4.78 is 65.3. The first-order chi connectivity index (χ1) is 9.70. The molecule has 0 aliphatic heterocycles. The molecule has 1 nitrogen and oxygen atoms in total. The van der Waals surface area contributed by atoms with Gasteiger partial charge in [0.1, 0.15) is 17.7 Å². The monoisotopic (exact) mass is 302 g/mol. The van der Waals surface area contributed by atoms with Gasteiger partial charge in [0.2, 0.25) is 0 Å². The lowest BCUT2D eigenvalue weighted by Gasteiger charge is -2.19. The normalized spacial score (nSPS) is 13.3. The largest absolute Gasteiger partial charge is 0.416 e. The van der Waals surface area contributed by atoms with E-state index in [-0.39, 0.29) is 5.56 Å². The Labute approximate surface area is 117 Å². The van der Waals surface area contributed by atoms with Gasteiger partial charge in [-0.15, -0.1) is 0 Å². The van der Waals surface area contributed by atoms with E-state index in [9.17, 15) is 27.1 Å². The maximum atomic E-state index is 13.2. The molecule has 6 heteroatoms. The number of alkyl halides is 3. The van der Waals surface area contributed by atoms with Crippen molar-refractivity contribution in [2.75, 3.05) is 0 Å². The van der Waals surface area contributed by atoms with Gasteiger partial charge in [-0.25, -0.2) is 8.78 Å². The molecule has 2 aromatic rings. The Morgan fingerprint density at radius 2 is 1.43 bits per heavy atom. The molecule has 0 spiro atoms. The molecular formula is C15H11F5O. The number of hydrogen-bond donors (Lipinski definition) is 1. The summed E-state index contributed by atoms with van der Waals surface area (Å²) >= 11 is 0. The topological polar surface area (TPSA) is 20.2 Å². The molecule has 2 rings (SSSR count). The van der Waals surface area contributed by atoms with Gasteiger partial charge in [-0.05, 0) is 48.4 Å². The Hall–Kier alpha value is -1.95. The smallest absolute Gasteiger partial charge is 0.384 e. The molecule has 0 bridgehead atoms. The van der Waals surface area contributed by atoms with Gasteiger partial charge in [0.25, 0.3) is 0 Å². The van der Waals surface area contributed by atoms with Gasteiger partial charge in [-0.1, -0.05) is 6.07 Å². The second-order valence-corrected chi connectivity index (χ2v) is 4.63. The van der Waals surface area contributed by atoms with Crippen molar-refractivity contribution < 1.29 is 27.1 Å². The van der Waals surface area contributed by atoms with E-state index in [1.807, 2.05) is 0 Å². The fourth-order valence-electron chi connectivity index (χ4n) is 2.09. The van der Waals surface area contributed by atoms with Crippen molar-refractivity contribution in [2.45, 2.75) is 19.2 Å². The average molecular weight is 302 g/mol. The molecular weight excluding hydrogens is 291 g/mol. The maximum absolute atomic E-state index is 13.2. The van der Waals surface area contributed by atoms with Crippen LogP contribution in [0.2, 0.25) is 0 Å². The molecule has 1 unspecified atom stereocenters. The van der Waals surface area contributed by atoms with Gasteiger partial charge < -0.3 is 5.11 Å². The summed E-state index contributed by atoms with van der Waals surface area (Å²) in [6.07, 6.45) is -6.52. The highest BCUT2D eigenvalue weighted by Crippen LogP contribution is 2.37. The van der Waals surface area contributed by atoms with Crippen LogP contribution in [-0.4, -0.2) is 5.11 Å². The zero-order valence-electron chi connectivity index (χ0n) is 10.9. The third-order valence-corrected chi connectivity index (χ3v) is 3.15. The quantitative estimate of drug-likeness (QED) is 0.817. The zero-order valence-corrected chi connectivity index (χ0v) is 10.9. The first-order valence-electron chi connectivity index (χ1n) is 6.01. The van der Waals surface area contributed by atoms with Crippen molar-refractivity contribution in [1.82, 2.24) is 0 Å². The second kappa shape index (κ2) is 5.44. The van der Waals surface area contributed by atoms with Gasteiger partial charge >= 0.3 is 6.18 Å². The molecule has 0 saturated heterocycles. The van der Waals surface area contributed by atoms with Crippen molar-refractivity contribution in [3.63, 3.8) is 0 Å². The molecule has 0 heterocycles. The van der Waals surface area contributed by atoms with Crippen molar-refractivity contribution in [3.05, 3.63) is 70.3 Å². The number of benzene rings is 2. The minimum Gasteiger partial charge on any atom is -0.384 e. The van der Waals surface area contributed by atoms with Crippen LogP contribution in [0.5, 0.6) is 0 Å². The van der Waals surface area contributed by atoms with Crippen molar-refractivity contribution in [3.8, 4) is 0 Å². The van der Waals surface area contributed by atoms with Crippen molar-refractivity contribution >= 4 is 0 Å². The van der Waals surface area contributed by atoms with Gasteiger partial charge in [-0.2, -0.15) is 13.2 Å². The van der Waals surface area contributed by atoms with E-state index in [4.69, 9.17) is 0 Å². The van der Waals surface area contributed by atoms with E-state index in [2.05, 4.69) is 0 Å². The number of rotatable bonds is 2. The summed E-state index contributed by atoms with van der Waals surface area (Å²) in [5.41, 5.74) is -1.43. The van der Waals surface area contributed by atoms with Crippen LogP contribution < -0.4 is 0 Å². The van der Waals surface area contributed by atoms with Crippen LogP contribution >= 0.6 is 0 Å². The molecule has 2 aromatic carbocycles. The van der Waals surface area contributed by atoms with E-state index < -0.39 is 35.0 Å². The SMILES string of the molecule is Cc1ccc(F)cc1C(O)c1cc(F)ccc1C(F)(F)F. The average Bonchev–Trinajstić information content (AvgIpc) is 2.39. The number of aryl methyl sites for hydroxylation is 1. The Morgan fingerprint density at radius 1 is 0.905 bits per heavy atom. The van der Waals surface area contributed by atoms with Crippen LogP contribution in [-0.2, 0) is 6.18 Å². The predicted octanol–water partition coefficient (Wildman–Crippen LogP) is 4.37. The molecule has 0 aromatic heterocycles. The Balaban J connectivity index is 2.60. The summed E-state index contributed by atoms with van der Waals surface area (Å²) in [4.78, 5) is 0. The highest BCUT2D eigenvalue weighted by molar-refractivity contribution is 5.40. The van der Waals surface area contributed by atoms with Crippen LogP contribution in [0.4, 0.5) is 22.0 Å². The van der Waals surface area contributed by atoms with Gasteiger partial charge in [0.05, 0.1) is 5.56 Å². The molecule has 112 valence electrons. The number of halogens is 5. The number of hydrogen-bond acceptors (Lipinski definition) is 1. The van der Waals surface area contributed by atoms with Crippen LogP contribution in [0.15, 0.2) is 36.4 Å². The third-order valence-electron chi connectivity index (χ3n) is 3.15. The highest BCUT2D eigenvalue weighted by atomic mass is 19.4. The van der Waals surface area contributed by atoms with E-state index in [1.165, 1.54) is 13.0 Å². The van der Waals surface area contributed by atoms with Crippen LogP contribution in [0.25, 0.3) is 0 Å². The third kappa shape index (κ3) is 3.21. The summed E-state index contributed by atoms with van der Waals surface area (Å²) in [5.74, 6) is -1.61. The van der Waals surface area contributed by atoms with Gasteiger partial charge in [-0.3, -0.25) is 0 Å². The summed E-state index contributed by atoms with van der Waals surface area (Å²) in [6, 6.07) is 5.23. The lowest BCUT2D eigenvalue weighted by atomic mass is 9.93. The standard InChI is InChI=1S/C15H11F5O/c1-8-2-3-9(16)6-11(8)14(21)12-7-10(17)4-5-13(12)15(18,19)20/h2-7,14,21H,1H3. The van der Waals surface area contributed by atoms with Crippen LogP contribution in [0, 0.1) is 18.6 Å². The van der Waals surface area contributed by atoms with Crippen LogP contribution in [0.1, 0.15) is 28.4 Å². The van der Waals surface area contributed by atoms with Crippen molar-refractivity contribution in [1.29, 1.82) is 0 Å². The summed E-state index contributed by atoms with van der Waals surface area (Å²) in [7, 11) is 0. The van der Waals surface area contributed by atoms with E-state index in [0.29, 0.717) is 23.8 Å². The Kier molecular flexibility index (Phi) is 4.00.